The summed E-state index contributed by atoms with van der Waals surface area (Å²) in [5.41, 5.74) is 1.03. The first-order chi connectivity index (χ1) is 9.29. The van der Waals surface area contributed by atoms with Crippen LogP contribution in [0.2, 0.25) is 0 Å². The Hall–Kier alpha value is -1.95. The summed E-state index contributed by atoms with van der Waals surface area (Å²) in [6.07, 6.45) is 4.90. The second-order valence-electron chi connectivity index (χ2n) is 4.62. The standard InChI is InChI=1S/C13H18N4O2/c18-13(16-7-10-3-5-14-6-4-10)11-1-2-12(9-17-19)15-8-11/h1-2,8-10,14,19H,3-7H2,(H,16,18)/b17-9+. The zero-order valence-corrected chi connectivity index (χ0v) is 10.7. The number of piperidine rings is 1. The molecule has 1 fully saturated rings. The number of amides is 1. The molecule has 0 unspecified atom stereocenters. The van der Waals surface area contributed by atoms with Gasteiger partial charge in [0.1, 0.15) is 0 Å². The molecule has 0 aliphatic carbocycles. The van der Waals surface area contributed by atoms with E-state index in [1.165, 1.54) is 12.4 Å². The van der Waals surface area contributed by atoms with Crippen LogP contribution >= 0.6 is 0 Å². The van der Waals surface area contributed by atoms with Gasteiger partial charge >= 0.3 is 0 Å². The minimum atomic E-state index is -0.112. The van der Waals surface area contributed by atoms with Gasteiger partial charge in [-0.15, -0.1) is 0 Å². The number of carbonyl (C=O) groups excluding carboxylic acids is 1. The van der Waals surface area contributed by atoms with E-state index in [9.17, 15) is 4.79 Å². The van der Waals surface area contributed by atoms with E-state index < -0.39 is 0 Å². The van der Waals surface area contributed by atoms with Gasteiger partial charge in [-0.25, -0.2) is 0 Å². The Morgan fingerprint density at radius 1 is 1.53 bits per heavy atom. The van der Waals surface area contributed by atoms with E-state index >= 15 is 0 Å². The van der Waals surface area contributed by atoms with Gasteiger partial charge in [0.05, 0.1) is 17.5 Å². The van der Waals surface area contributed by atoms with Crippen molar-refractivity contribution in [2.45, 2.75) is 12.8 Å². The zero-order valence-electron chi connectivity index (χ0n) is 10.7. The SMILES string of the molecule is O=C(NCC1CCNCC1)c1ccc(/C=N/O)nc1. The van der Waals surface area contributed by atoms with Gasteiger partial charge in [0, 0.05) is 12.7 Å². The fraction of sp³-hybridized carbons (Fsp3) is 0.462. The normalized spacial score (nSPS) is 16.6. The number of hydrogen-bond acceptors (Lipinski definition) is 5. The van der Waals surface area contributed by atoms with Crippen molar-refractivity contribution in [3.05, 3.63) is 29.6 Å². The molecule has 1 saturated heterocycles. The molecule has 102 valence electrons. The fourth-order valence-corrected chi connectivity index (χ4v) is 2.10. The molecular weight excluding hydrogens is 244 g/mol. The molecule has 0 aromatic carbocycles. The molecule has 6 nitrogen and oxygen atoms in total. The van der Waals surface area contributed by atoms with Gasteiger partial charge in [0.15, 0.2) is 0 Å². The number of pyridine rings is 1. The second kappa shape index (κ2) is 6.84. The summed E-state index contributed by atoms with van der Waals surface area (Å²) in [4.78, 5) is 15.9. The second-order valence-corrected chi connectivity index (χ2v) is 4.62. The van der Waals surface area contributed by atoms with Crippen LogP contribution in [0.25, 0.3) is 0 Å². The molecule has 6 heteroatoms. The van der Waals surface area contributed by atoms with Crippen LogP contribution in [0.1, 0.15) is 28.9 Å². The molecular formula is C13H18N4O2. The van der Waals surface area contributed by atoms with Crippen molar-refractivity contribution in [1.29, 1.82) is 0 Å². The average molecular weight is 262 g/mol. The Morgan fingerprint density at radius 2 is 2.32 bits per heavy atom. The lowest BCUT2D eigenvalue weighted by molar-refractivity contribution is 0.0944. The molecule has 0 saturated carbocycles. The molecule has 3 N–H and O–H groups in total. The van der Waals surface area contributed by atoms with Crippen LogP contribution in [0.3, 0.4) is 0 Å². The predicted molar refractivity (Wildman–Crippen MR) is 71.5 cm³/mol. The van der Waals surface area contributed by atoms with E-state index in [0.717, 1.165) is 25.9 Å². The summed E-state index contributed by atoms with van der Waals surface area (Å²) in [5.74, 6) is 0.442. The van der Waals surface area contributed by atoms with Gasteiger partial charge in [-0.1, -0.05) is 5.16 Å². The maximum atomic E-state index is 11.9. The van der Waals surface area contributed by atoms with Gasteiger partial charge < -0.3 is 15.8 Å². The predicted octanol–water partition coefficient (Wildman–Crippen LogP) is 0.619. The van der Waals surface area contributed by atoms with Gasteiger partial charge in [-0.3, -0.25) is 9.78 Å². The van der Waals surface area contributed by atoms with Crippen molar-refractivity contribution in [1.82, 2.24) is 15.6 Å². The maximum Gasteiger partial charge on any atom is 0.252 e. The molecule has 19 heavy (non-hydrogen) atoms. The van der Waals surface area contributed by atoms with E-state index in [0.29, 0.717) is 23.7 Å². The first-order valence-electron chi connectivity index (χ1n) is 6.42. The molecule has 0 bridgehead atoms. The lowest BCUT2D eigenvalue weighted by Crippen LogP contribution is -2.36. The average Bonchev–Trinajstić information content (AvgIpc) is 2.47. The molecule has 0 atom stereocenters. The lowest BCUT2D eigenvalue weighted by Gasteiger charge is -2.22. The van der Waals surface area contributed by atoms with E-state index in [1.54, 1.807) is 12.1 Å². The number of carbonyl (C=O) groups is 1. The van der Waals surface area contributed by atoms with Crippen molar-refractivity contribution in [3.8, 4) is 0 Å². The molecule has 0 spiro atoms. The van der Waals surface area contributed by atoms with Crippen LogP contribution in [0.15, 0.2) is 23.5 Å². The molecule has 1 aliphatic heterocycles. The van der Waals surface area contributed by atoms with Gasteiger partial charge in [-0.05, 0) is 44.0 Å². The summed E-state index contributed by atoms with van der Waals surface area (Å²) in [6.45, 7) is 2.76. The Bertz CT molecular complexity index is 438. The number of hydrogen-bond donors (Lipinski definition) is 3. The first kappa shape index (κ1) is 13.5. The van der Waals surface area contributed by atoms with E-state index in [2.05, 4.69) is 20.8 Å². The molecule has 0 radical (unpaired) electrons. The number of oxime groups is 1. The lowest BCUT2D eigenvalue weighted by atomic mass is 9.98. The Morgan fingerprint density at radius 3 is 2.95 bits per heavy atom. The van der Waals surface area contributed by atoms with Crippen LogP contribution in [0, 0.1) is 5.92 Å². The van der Waals surface area contributed by atoms with Gasteiger partial charge in [0.25, 0.3) is 5.91 Å². The number of nitrogens with one attached hydrogen (secondary N) is 2. The smallest absolute Gasteiger partial charge is 0.252 e. The summed E-state index contributed by atoms with van der Waals surface area (Å²) >= 11 is 0. The monoisotopic (exact) mass is 262 g/mol. The first-order valence-corrected chi connectivity index (χ1v) is 6.42. The molecule has 1 aromatic heterocycles. The largest absolute Gasteiger partial charge is 0.411 e. The Labute approximate surface area is 111 Å². The number of aromatic nitrogens is 1. The van der Waals surface area contributed by atoms with E-state index in [4.69, 9.17) is 5.21 Å². The zero-order chi connectivity index (χ0) is 13.5. The van der Waals surface area contributed by atoms with Crippen molar-refractivity contribution < 1.29 is 10.0 Å². The van der Waals surface area contributed by atoms with Gasteiger partial charge in [0.2, 0.25) is 0 Å². The highest BCUT2D eigenvalue weighted by Gasteiger charge is 2.14. The van der Waals surface area contributed by atoms with Crippen LogP contribution in [0.4, 0.5) is 0 Å². The number of nitrogens with zero attached hydrogens (tertiary/aromatic N) is 2. The fourth-order valence-electron chi connectivity index (χ4n) is 2.10. The number of rotatable bonds is 4. The highest BCUT2D eigenvalue weighted by molar-refractivity contribution is 5.94. The van der Waals surface area contributed by atoms with Crippen LogP contribution in [-0.4, -0.2) is 41.9 Å². The Balaban J connectivity index is 1.85. The third-order valence-corrected chi connectivity index (χ3v) is 3.25. The molecule has 2 rings (SSSR count). The highest BCUT2D eigenvalue weighted by atomic mass is 16.4. The maximum absolute atomic E-state index is 11.9. The van der Waals surface area contributed by atoms with Crippen molar-refractivity contribution in [2.24, 2.45) is 11.1 Å². The minimum Gasteiger partial charge on any atom is -0.411 e. The van der Waals surface area contributed by atoms with Crippen molar-refractivity contribution >= 4 is 12.1 Å². The molecule has 1 amide bonds. The third kappa shape index (κ3) is 4.03. The van der Waals surface area contributed by atoms with Crippen molar-refractivity contribution in [2.75, 3.05) is 19.6 Å². The molecule has 1 aliphatic rings. The van der Waals surface area contributed by atoms with E-state index in [1.807, 2.05) is 0 Å². The van der Waals surface area contributed by atoms with Crippen LogP contribution in [-0.2, 0) is 0 Å². The summed E-state index contributed by atoms with van der Waals surface area (Å²) in [6, 6.07) is 3.31. The van der Waals surface area contributed by atoms with Crippen LogP contribution in [0.5, 0.6) is 0 Å². The highest BCUT2D eigenvalue weighted by Crippen LogP contribution is 2.10. The van der Waals surface area contributed by atoms with Crippen LogP contribution < -0.4 is 10.6 Å². The summed E-state index contributed by atoms with van der Waals surface area (Å²) < 4.78 is 0. The van der Waals surface area contributed by atoms with E-state index in [-0.39, 0.29) is 5.91 Å². The topological polar surface area (TPSA) is 86.6 Å². The Kier molecular flexibility index (Phi) is 4.85. The summed E-state index contributed by atoms with van der Waals surface area (Å²) in [5, 5.41) is 17.5. The van der Waals surface area contributed by atoms with Crippen molar-refractivity contribution in [3.63, 3.8) is 0 Å². The quantitative estimate of drug-likeness (QED) is 0.422. The summed E-state index contributed by atoms with van der Waals surface area (Å²) in [7, 11) is 0. The van der Waals surface area contributed by atoms with Gasteiger partial charge in [-0.2, -0.15) is 0 Å². The third-order valence-electron chi connectivity index (χ3n) is 3.25. The molecule has 1 aromatic rings. The molecule has 2 heterocycles. The minimum absolute atomic E-state index is 0.112.